The van der Waals surface area contributed by atoms with Crippen LogP contribution in [0.2, 0.25) is 0 Å². The van der Waals surface area contributed by atoms with Gasteiger partial charge in [0.15, 0.2) is 0 Å². The van der Waals surface area contributed by atoms with Gasteiger partial charge in [-0.25, -0.2) is 0 Å². The smallest absolute Gasteiger partial charge is 0.256 e. The Labute approximate surface area is 172 Å². The minimum absolute atomic E-state index is 0.137. The number of benzene rings is 2. The molecule has 4 N–H and O–H groups in total. The van der Waals surface area contributed by atoms with Gasteiger partial charge in [-0.2, -0.15) is 5.26 Å². The lowest BCUT2D eigenvalue weighted by atomic mass is 9.98. The average molecular weight is 398 g/mol. The third-order valence-corrected chi connectivity index (χ3v) is 4.92. The van der Waals surface area contributed by atoms with Gasteiger partial charge in [0.2, 0.25) is 0 Å². The van der Waals surface area contributed by atoms with E-state index in [2.05, 4.69) is 15.6 Å². The highest BCUT2D eigenvalue weighted by molar-refractivity contribution is 6.35. The minimum Gasteiger partial charge on any atom is -0.394 e. The normalized spacial score (nSPS) is 14.7. The Balaban J connectivity index is 1.71. The summed E-state index contributed by atoms with van der Waals surface area (Å²) in [5.74, 6) is -0.811. The SMILES string of the molecule is N#Cc1cc2c(cc1C(=O)N[C@H](CO)c1ccccc1)/C(=C/c1ccc[nH]1)C(=O)N2. The number of amides is 2. The quantitative estimate of drug-likeness (QED) is 0.494. The van der Waals surface area contributed by atoms with Crippen LogP contribution in [0.25, 0.3) is 11.6 Å². The molecule has 0 unspecified atom stereocenters. The van der Waals surface area contributed by atoms with Crippen LogP contribution in [0.3, 0.4) is 0 Å². The van der Waals surface area contributed by atoms with Crippen LogP contribution in [0, 0.1) is 11.3 Å². The monoisotopic (exact) mass is 398 g/mol. The van der Waals surface area contributed by atoms with Crippen molar-refractivity contribution in [2.24, 2.45) is 0 Å². The predicted octanol–water partition coefficient (Wildman–Crippen LogP) is 2.84. The van der Waals surface area contributed by atoms with Crippen LogP contribution in [0.4, 0.5) is 5.69 Å². The Kier molecular flexibility index (Phi) is 5.16. The molecule has 0 saturated heterocycles. The van der Waals surface area contributed by atoms with E-state index in [1.165, 1.54) is 12.1 Å². The first-order valence-corrected chi connectivity index (χ1v) is 9.32. The van der Waals surface area contributed by atoms with E-state index in [1.807, 2.05) is 36.4 Å². The van der Waals surface area contributed by atoms with Crippen LogP contribution in [-0.4, -0.2) is 28.5 Å². The van der Waals surface area contributed by atoms with E-state index in [0.717, 1.165) is 11.3 Å². The van der Waals surface area contributed by atoms with Gasteiger partial charge in [-0.1, -0.05) is 30.3 Å². The molecule has 3 aromatic rings. The summed E-state index contributed by atoms with van der Waals surface area (Å²) in [5.41, 5.74) is 3.18. The minimum atomic E-state index is -0.618. The van der Waals surface area contributed by atoms with Gasteiger partial charge in [-0.3, -0.25) is 9.59 Å². The number of aliphatic hydroxyl groups excluding tert-OH is 1. The highest BCUT2D eigenvalue weighted by atomic mass is 16.3. The van der Waals surface area contributed by atoms with E-state index in [9.17, 15) is 20.0 Å². The molecule has 7 nitrogen and oxygen atoms in total. The maximum Gasteiger partial charge on any atom is 0.256 e. The van der Waals surface area contributed by atoms with Crippen molar-refractivity contribution in [1.82, 2.24) is 10.3 Å². The molecule has 30 heavy (non-hydrogen) atoms. The first kappa shape index (κ1) is 19.2. The summed E-state index contributed by atoms with van der Waals surface area (Å²) < 4.78 is 0. The molecule has 2 heterocycles. The lowest BCUT2D eigenvalue weighted by Gasteiger charge is -2.17. The molecule has 1 aliphatic rings. The molecule has 0 saturated carbocycles. The van der Waals surface area contributed by atoms with Gasteiger partial charge in [-0.05, 0) is 35.9 Å². The molecule has 0 spiro atoms. The van der Waals surface area contributed by atoms with E-state index >= 15 is 0 Å². The maximum absolute atomic E-state index is 13.0. The highest BCUT2D eigenvalue weighted by Crippen LogP contribution is 2.35. The van der Waals surface area contributed by atoms with Crippen LogP contribution in [0.15, 0.2) is 60.8 Å². The van der Waals surface area contributed by atoms with Crippen molar-refractivity contribution in [2.45, 2.75) is 6.04 Å². The number of aromatic amines is 1. The number of nitriles is 1. The molecule has 2 amide bonds. The maximum atomic E-state index is 13.0. The second-order valence-corrected chi connectivity index (χ2v) is 6.81. The summed E-state index contributed by atoms with van der Waals surface area (Å²) in [5, 5.41) is 24.8. The number of rotatable bonds is 5. The zero-order valence-corrected chi connectivity index (χ0v) is 15.8. The largest absolute Gasteiger partial charge is 0.394 e. The van der Waals surface area contributed by atoms with Crippen molar-refractivity contribution in [3.8, 4) is 6.07 Å². The zero-order valence-electron chi connectivity index (χ0n) is 15.8. The number of hydrogen-bond acceptors (Lipinski definition) is 4. The Morgan fingerprint density at radius 3 is 2.67 bits per heavy atom. The molecule has 0 radical (unpaired) electrons. The van der Waals surface area contributed by atoms with Gasteiger partial charge < -0.3 is 20.7 Å². The molecule has 1 aliphatic heterocycles. The molecule has 2 aromatic carbocycles. The van der Waals surface area contributed by atoms with Gasteiger partial charge in [-0.15, -0.1) is 0 Å². The van der Waals surface area contributed by atoms with Crippen molar-refractivity contribution in [3.63, 3.8) is 0 Å². The number of nitrogens with one attached hydrogen (secondary N) is 3. The fraction of sp³-hybridized carbons (Fsp3) is 0.0870. The number of H-pyrrole nitrogens is 1. The van der Waals surface area contributed by atoms with Crippen molar-refractivity contribution in [2.75, 3.05) is 11.9 Å². The lowest BCUT2D eigenvalue weighted by Crippen LogP contribution is -2.31. The molecular weight excluding hydrogens is 380 g/mol. The zero-order chi connectivity index (χ0) is 21.1. The number of aromatic nitrogens is 1. The van der Waals surface area contributed by atoms with Crippen molar-refractivity contribution < 1.29 is 14.7 Å². The van der Waals surface area contributed by atoms with E-state index in [4.69, 9.17) is 0 Å². The molecule has 0 fully saturated rings. The number of carbonyl (C=O) groups is 2. The number of fused-ring (bicyclic) bond motifs is 1. The van der Waals surface area contributed by atoms with Crippen LogP contribution < -0.4 is 10.6 Å². The van der Waals surface area contributed by atoms with Crippen molar-refractivity contribution in [3.05, 3.63) is 88.7 Å². The summed E-state index contributed by atoms with van der Waals surface area (Å²) in [6, 6.07) is 17.1. The summed E-state index contributed by atoms with van der Waals surface area (Å²) >= 11 is 0. The van der Waals surface area contributed by atoms with E-state index in [0.29, 0.717) is 16.8 Å². The summed E-state index contributed by atoms with van der Waals surface area (Å²) in [6.07, 6.45) is 3.44. The van der Waals surface area contributed by atoms with Crippen LogP contribution >= 0.6 is 0 Å². The number of anilines is 1. The van der Waals surface area contributed by atoms with Crippen LogP contribution in [0.5, 0.6) is 0 Å². The average Bonchev–Trinajstić information content (AvgIpc) is 3.39. The van der Waals surface area contributed by atoms with Crippen LogP contribution in [-0.2, 0) is 4.79 Å². The highest BCUT2D eigenvalue weighted by Gasteiger charge is 2.28. The molecule has 1 aromatic heterocycles. The Hall–Kier alpha value is -4.15. The van der Waals surface area contributed by atoms with Crippen molar-refractivity contribution in [1.29, 1.82) is 5.26 Å². The first-order valence-electron chi connectivity index (χ1n) is 9.32. The van der Waals surface area contributed by atoms with Gasteiger partial charge in [0.05, 0.1) is 35.0 Å². The molecule has 148 valence electrons. The van der Waals surface area contributed by atoms with Gasteiger partial charge >= 0.3 is 0 Å². The third kappa shape index (κ3) is 3.60. The van der Waals surface area contributed by atoms with E-state index < -0.39 is 11.9 Å². The number of hydrogen-bond donors (Lipinski definition) is 4. The Morgan fingerprint density at radius 1 is 1.20 bits per heavy atom. The van der Waals surface area contributed by atoms with E-state index in [1.54, 1.807) is 24.4 Å². The number of nitrogens with zero attached hydrogens (tertiary/aromatic N) is 1. The molecular formula is C23H18N4O3. The summed E-state index contributed by atoms with van der Waals surface area (Å²) in [4.78, 5) is 28.4. The predicted molar refractivity (Wildman–Crippen MR) is 112 cm³/mol. The van der Waals surface area contributed by atoms with Crippen LogP contribution in [0.1, 0.15) is 38.8 Å². The Morgan fingerprint density at radius 2 is 2.00 bits per heavy atom. The van der Waals surface area contributed by atoms with Crippen molar-refractivity contribution >= 4 is 29.2 Å². The van der Waals surface area contributed by atoms with E-state index in [-0.39, 0.29) is 23.6 Å². The molecule has 7 heteroatoms. The lowest BCUT2D eigenvalue weighted by molar-refractivity contribution is -0.110. The number of aliphatic hydroxyl groups is 1. The molecule has 4 rings (SSSR count). The second-order valence-electron chi connectivity index (χ2n) is 6.81. The first-order chi connectivity index (χ1) is 14.6. The number of carbonyl (C=O) groups excluding carboxylic acids is 2. The van der Waals surface area contributed by atoms with Gasteiger partial charge in [0, 0.05) is 17.5 Å². The summed E-state index contributed by atoms with van der Waals surface area (Å²) in [7, 11) is 0. The molecule has 0 aliphatic carbocycles. The molecule has 0 bridgehead atoms. The molecule has 1 atom stereocenters. The summed E-state index contributed by atoms with van der Waals surface area (Å²) in [6.45, 7) is -0.291. The van der Waals surface area contributed by atoms with Gasteiger partial charge in [0.1, 0.15) is 6.07 Å². The Bertz CT molecular complexity index is 1180. The third-order valence-electron chi connectivity index (χ3n) is 4.92. The fourth-order valence-corrected chi connectivity index (χ4v) is 3.41. The standard InChI is InChI=1S/C23H18N4O3/c24-12-15-9-20-18(19(23(30)26-20)10-16-7-4-8-25-16)11-17(15)22(29)27-21(13-28)14-5-2-1-3-6-14/h1-11,21,25,28H,13H2,(H,26,30)(H,27,29)/b19-10-/t21-/m1/s1. The second kappa shape index (κ2) is 8.07. The van der Waals surface area contributed by atoms with Gasteiger partial charge in [0.25, 0.3) is 11.8 Å². The topological polar surface area (TPSA) is 118 Å². The fourth-order valence-electron chi connectivity index (χ4n) is 3.41.